The summed E-state index contributed by atoms with van der Waals surface area (Å²) < 4.78 is 13.1. The Morgan fingerprint density at radius 3 is 1.96 bits per heavy atom. The van der Waals surface area contributed by atoms with Crippen LogP contribution < -0.4 is 0 Å². The third-order valence-electron chi connectivity index (χ3n) is 10.6. The van der Waals surface area contributed by atoms with Crippen molar-refractivity contribution in [1.29, 1.82) is 0 Å². The molecular formula is C49H31N3O2. The van der Waals surface area contributed by atoms with Crippen molar-refractivity contribution in [2.45, 2.75) is 12.8 Å². The van der Waals surface area contributed by atoms with Gasteiger partial charge in [-0.15, -0.1) is 0 Å². The van der Waals surface area contributed by atoms with Crippen molar-refractivity contribution in [2.75, 3.05) is 0 Å². The Balaban J connectivity index is 1.20. The first kappa shape index (κ1) is 30.5. The fourth-order valence-corrected chi connectivity index (χ4v) is 7.95. The Morgan fingerprint density at radius 1 is 0.444 bits per heavy atom. The topological polar surface area (TPSA) is 65.0 Å². The van der Waals surface area contributed by atoms with Crippen LogP contribution in [-0.2, 0) is 0 Å². The van der Waals surface area contributed by atoms with Gasteiger partial charge in [-0.1, -0.05) is 133 Å². The van der Waals surface area contributed by atoms with Crippen molar-refractivity contribution in [2.24, 2.45) is 0 Å². The first-order valence-electron chi connectivity index (χ1n) is 18.3. The van der Waals surface area contributed by atoms with Gasteiger partial charge < -0.3 is 8.83 Å². The van der Waals surface area contributed by atoms with Crippen LogP contribution in [0.2, 0.25) is 0 Å². The minimum Gasteiger partial charge on any atom is -0.456 e. The zero-order chi connectivity index (χ0) is 35.6. The zero-order valence-corrected chi connectivity index (χ0v) is 29.2. The van der Waals surface area contributed by atoms with Gasteiger partial charge in [-0.05, 0) is 70.6 Å². The summed E-state index contributed by atoms with van der Waals surface area (Å²) in [6.07, 6.45) is 8.88. The Bertz CT molecular complexity index is 3160. The second-order valence-corrected chi connectivity index (χ2v) is 13.8. The number of hydrogen-bond acceptors (Lipinski definition) is 5. The molecule has 54 heavy (non-hydrogen) atoms. The number of aromatic nitrogens is 3. The van der Waals surface area contributed by atoms with E-state index in [1.165, 1.54) is 11.1 Å². The number of nitrogens with zero attached hydrogens (tertiary/aromatic N) is 3. The molecule has 0 fully saturated rings. The van der Waals surface area contributed by atoms with E-state index < -0.39 is 0 Å². The van der Waals surface area contributed by atoms with Crippen molar-refractivity contribution in [3.8, 4) is 45.3 Å². The highest BCUT2D eigenvalue weighted by Gasteiger charge is 2.24. The fraction of sp³-hybridized carbons (Fsp3) is 0.0408. The number of allylic oxidation sites excluding steroid dienone is 4. The van der Waals surface area contributed by atoms with Crippen LogP contribution >= 0.6 is 0 Å². The summed E-state index contributed by atoms with van der Waals surface area (Å²) in [7, 11) is 0. The normalized spacial score (nSPS) is 13.1. The minimum atomic E-state index is 0.561. The molecule has 3 aromatic heterocycles. The number of hydrogen-bond donors (Lipinski definition) is 0. The van der Waals surface area contributed by atoms with Gasteiger partial charge in [-0.2, -0.15) is 0 Å². The van der Waals surface area contributed by atoms with Crippen LogP contribution in [0.25, 0.3) is 106 Å². The maximum Gasteiger partial charge on any atom is 0.165 e. The summed E-state index contributed by atoms with van der Waals surface area (Å²) in [6.45, 7) is 0. The molecule has 0 unspecified atom stereocenters. The maximum atomic E-state index is 6.61. The van der Waals surface area contributed by atoms with E-state index in [0.717, 1.165) is 95.3 Å². The quantitative estimate of drug-likeness (QED) is 0.179. The van der Waals surface area contributed by atoms with Crippen LogP contribution in [0.5, 0.6) is 0 Å². The molecule has 10 aromatic rings. The number of rotatable bonds is 5. The Morgan fingerprint density at radius 2 is 1.13 bits per heavy atom. The molecule has 0 saturated heterocycles. The van der Waals surface area contributed by atoms with E-state index in [1.807, 2.05) is 30.3 Å². The van der Waals surface area contributed by atoms with Crippen molar-refractivity contribution >= 4 is 60.2 Å². The van der Waals surface area contributed by atoms with Crippen molar-refractivity contribution in [3.05, 3.63) is 169 Å². The predicted molar refractivity (Wildman–Crippen MR) is 220 cm³/mol. The van der Waals surface area contributed by atoms with E-state index >= 15 is 0 Å². The van der Waals surface area contributed by atoms with Crippen LogP contribution in [0.15, 0.2) is 173 Å². The second kappa shape index (κ2) is 12.2. The van der Waals surface area contributed by atoms with Crippen molar-refractivity contribution < 1.29 is 8.83 Å². The van der Waals surface area contributed by atoms with Gasteiger partial charge in [-0.3, -0.25) is 0 Å². The molecule has 11 rings (SSSR count). The Hall–Kier alpha value is -7.11. The van der Waals surface area contributed by atoms with Gasteiger partial charge in [0, 0.05) is 43.8 Å². The highest BCUT2D eigenvalue weighted by atomic mass is 16.3. The number of para-hydroxylation sites is 3. The lowest BCUT2D eigenvalue weighted by atomic mass is 9.93. The molecule has 0 atom stereocenters. The molecule has 0 spiro atoms. The SMILES string of the molecule is C1=CC(c2ccc(-c3nc(-c4ccc5ccccc5c4)nc(-c4c(-c5cccc6c5oc5ccccc56)ccc5oc6ccccc6c45)n3)cc2)=CCC1. The van der Waals surface area contributed by atoms with Crippen LogP contribution in [0.4, 0.5) is 0 Å². The first-order valence-corrected chi connectivity index (χ1v) is 18.3. The maximum absolute atomic E-state index is 6.61. The van der Waals surface area contributed by atoms with Gasteiger partial charge >= 0.3 is 0 Å². The summed E-state index contributed by atoms with van der Waals surface area (Å²) in [5.41, 5.74) is 10.2. The molecule has 254 valence electrons. The monoisotopic (exact) mass is 693 g/mol. The highest BCUT2D eigenvalue weighted by Crippen LogP contribution is 2.45. The van der Waals surface area contributed by atoms with Gasteiger partial charge in [0.1, 0.15) is 22.3 Å². The third-order valence-corrected chi connectivity index (χ3v) is 10.6. The molecule has 1 aliphatic rings. The summed E-state index contributed by atoms with van der Waals surface area (Å²) in [4.78, 5) is 15.8. The van der Waals surface area contributed by atoms with E-state index in [2.05, 4.69) is 133 Å². The third kappa shape index (κ3) is 4.97. The molecule has 1 aliphatic carbocycles. The van der Waals surface area contributed by atoms with E-state index in [4.69, 9.17) is 23.8 Å². The molecule has 0 radical (unpaired) electrons. The lowest BCUT2D eigenvalue weighted by Gasteiger charge is -2.14. The van der Waals surface area contributed by atoms with Crippen LogP contribution in [0, 0.1) is 0 Å². The molecule has 3 heterocycles. The van der Waals surface area contributed by atoms with Crippen LogP contribution in [0.3, 0.4) is 0 Å². The molecule has 7 aromatic carbocycles. The van der Waals surface area contributed by atoms with Crippen molar-refractivity contribution in [3.63, 3.8) is 0 Å². The fourth-order valence-electron chi connectivity index (χ4n) is 7.95. The number of fused-ring (bicyclic) bond motifs is 7. The molecule has 5 nitrogen and oxygen atoms in total. The van der Waals surface area contributed by atoms with Crippen molar-refractivity contribution in [1.82, 2.24) is 15.0 Å². The van der Waals surface area contributed by atoms with E-state index in [0.29, 0.717) is 17.5 Å². The lowest BCUT2D eigenvalue weighted by Crippen LogP contribution is -2.02. The standard InChI is InChI=1S/C49H31N3O2/c1-2-11-30(12-3-1)32-21-24-33(25-22-32)47-50-48(35-26-23-31-13-4-5-14-34(31)29-35)52-49(51-47)45-37(27-28-43-44(45)40-16-7-9-20-42(40)53-43)39-18-10-17-38-36-15-6-8-19-41(36)54-46(38)39/h2,4-29H,1,3H2. The van der Waals surface area contributed by atoms with Gasteiger partial charge in [0.05, 0.1) is 0 Å². The molecule has 0 bridgehead atoms. The van der Waals surface area contributed by atoms with Gasteiger partial charge in [-0.25, -0.2) is 15.0 Å². The van der Waals surface area contributed by atoms with E-state index in [1.54, 1.807) is 0 Å². The zero-order valence-electron chi connectivity index (χ0n) is 29.2. The van der Waals surface area contributed by atoms with Crippen LogP contribution in [-0.4, -0.2) is 15.0 Å². The largest absolute Gasteiger partial charge is 0.456 e. The molecule has 5 heteroatoms. The summed E-state index contributed by atoms with van der Waals surface area (Å²) in [5, 5.41) is 6.36. The average Bonchev–Trinajstić information content (AvgIpc) is 3.82. The number of furan rings is 2. The first-order chi connectivity index (χ1) is 26.7. The second-order valence-electron chi connectivity index (χ2n) is 13.8. The highest BCUT2D eigenvalue weighted by molar-refractivity contribution is 6.18. The van der Waals surface area contributed by atoms with Gasteiger partial charge in [0.15, 0.2) is 17.5 Å². The number of benzene rings is 7. The average molecular weight is 694 g/mol. The summed E-state index contributed by atoms with van der Waals surface area (Å²) in [6, 6.07) is 50.2. The van der Waals surface area contributed by atoms with Crippen LogP contribution in [0.1, 0.15) is 18.4 Å². The molecule has 0 N–H and O–H groups in total. The summed E-state index contributed by atoms with van der Waals surface area (Å²) >= 11 is 0. The van der Waals surface area contributed by atoms with Gasteiger partial charge in [0.25, 0.3) is 0 Å². The molecular weight excluding hydrogens is 663 g/mol. The lowest BCUT2D eigenvalue weighted by molar-refractivity contribution is 0.668. The van der Waals surface area contributed by atoms with Gasteiger partial charge in [0.2, 0.25) is 0 Å². The summed E-state index contributed by atoms with van der Waals surface area (Å²) in [5.74, 6) is 1.76. The predicted octanol–water partition coefficient (Wildman–Crippen LogP) is 13.2. The molecule has 0 saturated carbocycles. The molecule has 0 amide bonds. The van der Waals surface area contributed by atoms with E-state index in [9.17, 15) is 0 Å². The Kier molecular flexibility index (Phi) is 6.92. The smallest absolute Gasteiger partial charge is 0.165 e. The minimum absolute atomic E-state index is 0.561. The Labute approximate surface area is 310 Å². The van der Waals surface area contributed by atoms with E-state index in [-0.39, 0.29) is 0 Å². The molecule has 0 aliphatic heterocycles.